The Kier molecular flexibility index (Phi) is 6.13. The smallest absolute Gasteiger partial charge is 0.102 e. The molecule has 1 aromatic carbocycles. The molecule has 3 nitrogen and oxygen atoms in total. The first-order chi connectivity index (χ1) is 8.29. The number of rotatable bonds is 7. The van der Waals surface area contributed by atoms with Crippen molar-refractivity contribution in [2.24, 2.45) is 0 Å². The quantitative estimate of drug-likeness (QED) is 0.735. The van der Waals surface area contributed by atoms with E-state index in [9.17, 15) is 0 Å². The number of aryl methyl sites for hydroxylation is 1. The lowest BCUT2D eigenvalue weighted by atomic mass is 10.1. The first-order valence-electron chi connectivity index (χ1n) is 6.11. The van der Waals surface area contributed by atoms with Gasteiger partial charge >= 0.3 is 0 Å². The predicted octanol–water partition coefficient (Wildman–Crippen LogP) is 3.10. The monoisotopic (exact) mass is 232 g/mol. The van der Waals surface area contributed by atoms with Gasteiger partial charge in [0.25, 0.3) is 0 Å². The van der Waals surface area contributed by atoms with Crippen LogP contribution < -0.4 is 5.32 Å². The zero-order valence-electron chi connectivity index (χ0n) is 10.6. The van der Waals surface area contributed by atoms with Crippen molar-refractivity contribution < 1.29 is 4.74 Å². The Morgan fingerprint density at radius 1 is 1.35 bits per heavy atom. The SMILES string of the molecule is CCCCOCCNc1cccc(C)c1C#N. The van der Waals surface area contributed by atoms with E-state index in [-0.39, 0.29) is 0 Å². The Bertz CT molecular complexity index is 382. The molecule has 1 rings (SSSR count). The van der Waals surface area contributed by atoms with Gasteiger partial charge in [0.1, 0.15) is 6.07 Å². The molecule has 0 heterocycles. The van der Waals surface area contributed by atoms with Crippen LogP contribution in [-0.4, -0.2) is 19.8 Å². The van der Waals surface area contributed by atoms with Crippen LogP contribution in [0, 0.1) is 18.3 Å². The number of ether oxygens (including phenoxy) is 1. The summed E-state index contributed by atoms with van der Waals surface area (Å²) in [7, 11) is 0. The molecule has 0 aromatic heterocycles. The Balaban J connectivity index is 2.37. The maximum atomic E-state index is 9.05. The fraction of sp³-hybridized carbons (Fsp3) is 0.500. The maximum absolute atomic E-state index is 9.05. The fourth-order valence-corrected chi connectivity index (χ4v) is 1.57. The van der Waals surface area contributed by atoms with E-state index in [1.165, 1.54) is 0 Å². The second-order valence-electron chi connectivity index (χ2n) is 4.00. The second kappa shape index (κ2) is 7.70. The summed E-state index contributed by atoms with van der Waals surface area (Å²) < 4.78 is 5.45. The lowest BCUT2D eigenvalue weighted by Crippen LogP contribution is -2.11. The number of unbranched alkanes of at least 4 members (excludes halogenated alkanes) is 1. The zero-order valence-corrected chi connectivity index (χ0v) is 10.6. The standard InChI is InChI=1S/C14H20N2O/c1-3-4-9-17-10-8-16-14-7-5-6-12(2)13(14)11-15/h5-7,16H,3-4,8-10H2,1-2H3. The van der Waals surface area contributed by atoms with E-state index < -0.39 is 0 Å². The molecule has 0 spiro atoms. The Labute approximate surface area is 103 Å². The normalized spacial score (nSPS) is 9.94. The minimum atomic E-state index is 0.679. The Morgan fingerprint density at radius 3 is 2.88 bits per heavy atom. The number of anilines is 1. The van der Waals surface area contributed by atoms with Gasteiger partial charge in [-0.2, -0.15) is 5.26 Å². The highest BCUT2D eigenvalue weighted by Gasteiger charge is 2.03. The molecule has 0 saturated heterocycles. The third-order valence-electron chi connectivity index (χ3n) is 2.59. The number of hydrogen-bond donors (Lipinski definition) is 1. The molecule has 0 amide bonds. The molecule has 0 bridgehead atoms. The van der Waals surface area contributed by atoms with Crippen molar-refractivity contribution in [1.82, 2.24) is 0 Å². The lowest BCUT2D eigenvalue weighted by Gasteiger charge is -2.10. The molecule has 0 aliphatic carbocycles. The van der Waals surface area contributed by atoms with Crippen LogP contribution in [0.2, 0.25) is 0 Å². The number of hydrogen-bond acceptors (Lipinski definition) is 3. The summed E-state index contributed by atoms with van der Waals surface area (Å²) in [5.74, 6) is 0. The first kappa shape index (κ1) is 13.5. The molecule has 92 valence electrons. The van der Waals surface area contributed by atoms with Gasteiger partial charge in [-0.25, -0.2) is 0 Å². The molecule has 3 heteroatoms. The number of nitrogens with zero attached hydrogens (tertiary/aromatic N) is 1. The Morgan fingerprint density at radius 2 is 2.18 bits per heavy atom. The topological polar surface area (TPSA) is 45.0 Å². The van der Waals surface area contributed by atoms with Crippen molar-refractivity contribution in [3.63, 3.8) is 0 Å². The van der Waals surface area contributed by atoms with Crippen molar-refractivity contribution in [1.29, 1.82) is 5.26 Å². The van der Waals surface area contributed by atoms with Gasteiger partial charge in [-0.15, -0.1) is 0 Å². The van der Waals surface area contributed by atoms with Crippen LogP contribution in [0.15, 0.2) is 18.2 Å². The molecule has 1 N–H and O–H groups in total. The van der Waals surface area contributed by atoms with Gasteiger partial charge in [0, 0.05) is 13.2 Å². The lowest BCUT2D eigenvalue weighted by molar-refractivity contribution is 0.141. The predicted molar refractivity (Wildman–Crippen MR) is 70.1 cm³/mol. The molecule has 17 heavy (non-hydrogen) atoms. The number of benzene rings is 1. The molecule has 0 saturated carbocycles. The molecule has 0 fully saturated rings. The van der Waals surface area contributed by atoms with Gasteiger partial charge in [0.2, 0.25) is 0 Å². The van der Waals surface area contributed by atoms with Gasteiger partial charge in [-0.1, -0.05) is 25.5 Å². The van der Waals surface area contributed by atoms with E-state index in [0.717, 1.165) is 42.8 Å². The van der Waals surface area contributed by atoms with Crippen LogP contribution in [0.4, 0.5) is 5.69 Å². The van der Waals surface area contributed by atoms with Gasteiger partial charge in [0.05, 0.1) is 17.9 Å². The van der Waals surface area contributed by atoms with Crippen LogP contribution in [0.25, 0.3) is 0 Å². The van der Waals surface area contributed by atoms with E-state index >= 15 is 0 Å². The first-order valence-corrected chi connectivity index (χ1v) is 6.11. The van der Waals surface area contributed by atoms with E-state index in [0.29, 0.717) is 6.61 Å². The summed E-state index contributed by atoms with van der Waals surface area (Å²) in [5, 5.41) is 12.3. The second-order valence-corrected chi connectivity index (χ2v) is 4.00. The molecular formula is C14H20N2O. The van der Waals surface area contributed by atoms with E-state index in [2.05, 4.69) is 18.3 Å². The van der Waals surface area contributed by atoms with Crippen molar-refractivity contribution in [3.8, 4) is 6.07 Å². The van der Waals surface area contributed by atoms with Crippen LogP contribution >= 0.6 is 0 Å². The van der Waals surface area contributed by atoms with E-state index in [4.69, 9.17) is 10.00 Å². The van der Waals surface area contributed by atoms with E-state index in [1.54, 1.807) is 0 Å². The van der Waals surface area contributed by atoms with Crippen LogP contribution in [0.1, 0.15) is 30.9 Å². The highest BCUT2D eigenvalue weighted by atomic mass is 16.5. The van der Waals surface area contributed by atoms with Crippen LogP contribution in [0.3, 0.4) is 0 Å². The molecular weight excluding hydrogens is 212 g/mol. The molecule has 0 atom stereocenters. The highest BCUT2D eigenvalue weighted by Crippen LogP contribution is 2.17. The summed E-state index contributed by atoms with van der Waals surface area (Å²) >= 11 is 0. The average molecular weight is 232 g/mol. The minimum Gasteiger partial charge on any atom is -0.382 e. The molecule has 0 aliphatic heterocycles. The van der Waals surface area contributed by atoms with Gasteiger partial charge in [0.15, 0.2) is 0 Å². The number of nitrogens with one attached hydrogen (secondary N) is 1. The molecule has 1 aromatic rings. The van der Waals surface area contributed by atoms with Gasteiger partial charge in [-0.3, -0.25) is 0 Å². The minimum absolute atomic E-state index is 0.679. The van der Waals surface area contributed by atoms with Crippen LogP contribution in [0.5, 0.6) is 0 Å². The largest absolute Gasteiger partial charge is 0.382 e. The summed E-state index contributed by atoms with van der Waals surface area (Å²) in [6.07, 6.45) is 2.26. The van der Waals surface area contributed by atoms with Crippen molar-refractivity contribution >= 4 is 5.69 Å². The third kappa shape index (κ3) is 4.46. The average Bonchev–Trinajstić information content (AvgIpc) is 2.34. The number of nitriles is 1. The molecule has 0 aliphatic rings. The van der Waals surface area contributed by atoms with Crippen molar-refractivity contribution in [2.75, 3.05) is 25.1 Å². The molecule has 0 unspecified atom stereocenters. The van der Waals surface area contributed by atoms with E-state index in [1.807, 2.05) is 25.1 Å². The van der Waals surface area contributed by atoms with Crippen LogP contribution in [-0.2, 0) is 4.74 Å². The molecule has 0 radical (unpaired) electrons. The van der Waals surface area contributed by atoms with Crippen molar-refractivity contribution in [2.45, 2.75) is 26.7 Å². The summed E-state index contributed by atoms with van der Waals surface area (Å²) in [4.78, 5) is 0. The summed E-state index contributed by atoms with van der Waals surface area (Å²) in [6.45, 7) is 6.33. The Hall–Kier alpha value is -1.53. The van der Waals surface area contributed by atoms with Gasteiger partial charge < -0.3 is 10.1 Å². The highest BCUT2D eigenvalue weighted by molar-refractivity contribution is 5.60. The third-order valence-corrected chi connectivity index (χ3v) is 2.59. The van der Waals surface area contributed by atoms with Gasteiger partial charge in [-0.05, 0) is 25.0 Å². The summed E-state index contributed by atoms with van der Waals surface area (Å²) in [5.41, 5.74) is 2.62. The fourth-order valence-electron chi connectivity index (χ4n) is 1.57. The summed E-state index contributed by atoms with van der Waals surface area (Å²) in [6, 6.07) is 8.05. The van der Waals surface area contributed by atoms with Crippen molar-refractivity contribution in [3.05, 3.63) is 29.3 Å². The zero-order chi connectivity index (χ0) is 12.5. The maximum Gasteiger partial charge on any atom is 0.102 e.